The molecule has 204 valence electrons. The average molecular weight is 559 g/mol. The molecular formula is C22H31FN6O6S2. The molecule has 3 atom stereocenters. The number of sulfonamides is 2. The predicted molar refractivity (Wildman–Crippen MR) is 136 cm³/mol. The Morgan fingerprint density at radius 3 is 2.65 bits per heavy atom. The first-order valence-electron chi connectivity index (χ1n) is 11.3. The molecule has 0 saturated carbocycles. The molecule has 2 aliphatic rings. The van der Waals surface area contributed by atoms with Gasteiger partial charge in [0.15, 0.2) is 0 Å². The van der Waals surface area contributed by atoms with Crippen molar-refractivity contribution in [2.75, 3.05) is 33.5 Å². The number of methoxy groups -OCH3 is 1. The lowest BCUT2D eigenvalue weighted by atomic mass is 9.82. The molecule has 1 amide bonds. The summed E-state index contributed by atoms with van der Waals surface area (Å²) in [6.45, 7) is 2.48. The largest absolute Gasteiger partial charge is 0.495 e. The van der Waals surface area contributed by atoms with Crippen LogP contribution in [0.25, 0.3) is 0 Å². The zero-order valence-corrected chi connectivity index (χ0v) is 22.8. The Balaban J connectivity index is 2.01. The predicted octanol–water partition coefficient (Wildman–Crippen LogP) is 0.580. The third-order valence-corrected chi connectivity index (χ3v) is 10.2. The zero-order valence-electron chi connectivity index (χ0n) is 21.1. The van der Waals surface area contributed by atoms with Gasteiger partial charge in [0.05, 0.1) is 31.1 Å². The molecule has 0 radical (unpaired) electrons. The van der Waals surface area contributed by atoms with E-state index in [1.807, 2.05) is 0 Å². The Hall–Kier alpha value is -3.04. The second-order valence-electron chi connectivity index (χ2n) is 8.92. The van der Waals surface area contributed by atoms with E-state index in [1.54, 1.807) is 13.0 Å². The minimum absolute atomic E-state index is 0.00694. The Bertz CT molecular complexity index is 1350. The first kappa shape index (κ1) is 28.5. The molecule has 37 heavy (non-hydrogen) atoms. The minimum atomic E-state index is -4.29. The molecule has 2 heterocycles. The Morgan fingerprint density at radius 1 is 1.43 bits per heavy atom. The molecule has 1 saturated heterocycles. The Morgan fingerprint density at radius 2 is 2.11 bits per heavy atom. The number of nitrogens with zero attached hydrogens (tertiary/aromatic N) is 3. The van der Waals surface area contributed by atoms with Crippen LogP contribution >= 0.6 is 0 Å². The van der Waals surface area contributed by atoms with Crippen LogP contribution in [-0.4, -0.2) is 92.6 Å². The Kier molecular flexibility index (Phi) is 8.00. The number of amides is 1. The van der Waals surface area contributed by atoms with Crippen molar-refractivity contribution >= 4 is 31.9 Å². The van der Waals surface area contributed by atoms with Gasteiger partial charge in [-0.2, -0.15) is 0 Å². The van der Waals surface area contributed by atoms with Crippen molar-refractivity contribution in [1.82, 2.24) is 24.2 Å². The second kappa shape index (κ2) is 10.4. The highest BCUT2D eigenvalue weighted by Crippen LogP contribution is 2.38. The van der Waals surface area contributed by atoms with Crippen molar-refractivity contribution < 1.29 is 30.8 Å². The quantitative estimate of drug-likeness (QED) is 0.417. The molecule has 3 rings (SSSR count). The number of ether oxygens (including phenoxy) is 1. The van der Waals surface area contributed by atoms with Crippen molar-refractivity contribution in [2.24, 2.45) is 0 Å². The van der Waals surface area contributed by atoms with Crippen molar-refractivity contribution in [3.63, 3.8) is 0 Å². The molecule has 3 N–H and O–H groups in total. The molecule has 1 aliphatic heterocycles. The molecule has 0 bridgehead atoms. The van der Waals surface area contributed by atoms with E-state index < -0.39 is 61.1 Å². The number of guanidine groups is 1. The maximum Gasteiger partial charge on any atom is 0.270 e. The number of halogens is 1. The van der Waals surface area contributed by atoms with Crippen molar-refractivity contribution in [3.05, 3.63) is 47.6 Å². The number of rotatable bonds is 8. The molecule has 12 nitrogen and oxygen atoms in total. The summed E-state index contributed by atoms with van der Waals surface area (Å²) >= 11 is 0. The van der Waals surface area contributed by atoms with Gasteiger partial charge in [0.25, 0.3) is 5.91 Å². The van der Waals surface area contributed by atoms with Gasteiger partial charge in [-0.15, -0.1) is 0 Å². The summed E-state index contributed by atoms with van der Waals surface area (Å²) in [7, 11) is -5.44. The van der Waals surface area contributed by atoms with E-state index in [-0.39, 0.29) is 24.2 Å². The lowest BCUT2D eigenvalue weighted by molar-refractivity contribution is 0.0938. The molecular weight excluding hydrogens is 527 g/mol. The first-order valence-corrected chi connectivity index (χ1v) is 14.7. The summed E-state index contributed by atoms with van der Waals surface area (Å²) in [5.74, 6) is -1.30. The van der Waals surface area contributed by atoms with Crippen LogP contribution in [0, 0.1) is 5.41 Å². The maximum atomic E-state index is 15.3. The SMILES string of the molecule is CCN(C[C@@H]1[C@](C)(C2=CC(NC(=O)c3ccc(OC)cn3)CC=C2F)NC(=N)N(C)S1(=O)=O)S(C)(=O)=O. The fourth-order valence-corrected chi connectivity index (χ4v) is 7.13. The van der Waals surface area contributed by atoms with E-state index in [2.05, 4.69) is 15.6 Å². The smallest absolute Gasteiger partial charge is 0.270 e. The van der Waals surface area contributed by atoms with Gasteiger partial charge in [0.2, 0.25) is 26.0 Å². The average Bonchev–Trinajstić information content (AvgIpc) is 2.83. The van der Waals surface area contributed by atoms with Crippen LogP contribution in [0.3, 0.4) is 0 Å². The van der Waals surface area contributed by atoms with Gasteiger partial charge in [0, 0.05) is 25.7 Å². The van der Waals surface area contributed by atoms with Crippen LogP contribution in [0.15, 0.2) is 41.9 Å². The number of hydrogen-bond acceptors (Lipinski definition) is 8. The molecule has 15 heteroatoms. The van der Waals surface area contributed by atoms with Crippen LogP contribution < -0.4 is 15.4 Å². The third kappa shape index (κ3) is 5.62. The lowest BCUT2D eigenvalue weighted by Crippen LogP contribution is -2.71. The summed E-state index contributed by atoms with van der Waals surface area (Å²) in [4.78, 5) is 16.8. The number of aromatic nitrogens is 1. The molecule has 1 unspecified atom stereocenters. The third-order valence-electron chi connectivity index (χ3n) is 6.53. The number of hydrogen-bond donors (Lipinski definition) is 3. The van der Waals surface area contributed by atoms with Crippen LogP contribution in [0.1, 0.15) is 30.8 Å². The minimum Gasteiger partial charge on any atom is -0.495 e. The first-order chi connectivity index (χ1) is 17.1. The second-order valence-corrected chi connectivity index (χ2v) is 13.1. The number of carbonyl (C=O) groups excluding carboxylic acids is 1. The van der Waals surface area contributed by atoms with Gasteiger partial charge in [0.1, 0.15) is 22.5 Å². The van der Waals surface area contributed by atoms with Crippen molar-refractivity contribution in [1.29, 1.82) is 5.41 Å². The van der Waals surface area contributed by atoms with Crippen molar-refractivity contribution in [2.45, 2.75) is 37.1 Å². The summed E-state index contributed by atoms with van der Waals surface area (Å²) in [5.41, 5.74) is -1.74. The Labute approximate surface area is 216 Å². The highest BCUT2D eigenvalue weighted by atomic mass is 32.2. The molecule has 0 spiro atoms. The fourth-order valence-electron chi connectivity index (χ4n) is 4.31. The van der Waals surface area contributed by atoms with Gasteiger partial charge in [-0.25, -0.2) is 34.8 Å². The highest BCUT2D eigenvalue weighted by Gasteiger charge is 2.54. The molecule has 0 aromatic carbocycles. The van der Waals surface area contributed by atoms with Crippen LogP contribution in [0.2, 0.25) is 0 Å². The van der Waals surface area contributed by atoms with E-state index in [0.29, 0.717) is 10.1 Å². The monoisotopic (exact) mass is 558 g/mol. The molecule has 1 aromatic heterocycles. The topological polar surface area (TPSA) is 162 Å². The van der Waals surface area contributed by atoms with Gasteiger partial charge in [-0.1, -0.05) is 13.0 Å². The summed E-state index contributed by atoms with van der Waals surface area (Å²) in [5, 5.41) is 12.2. The van der Waals surface area contributed by atoms with E-state index in [4.69, 9.17) is 10.1 Å². The lowest BCUT2D eigenvalue weighted by Gasteiger charge is -2.48. The van der Waals surface area contributed by atoms with Gasteiger partial charge < -0.3 is 15.4 Å². The summed E-state index contributed by atoms with van der Waals surface area (Å²) in [6, 6.07) is 2.31. The standard InChI is InChI=1S/C22H31FN6O6S2/c1-6-29(36(5,31)32)13-19-22(2,27-21(24)28(3)37(19,33)34)16-11-14(7-9-17(16)23)26-20(30)18-10-8-15(35-4)12-25-18/h8-12,14,19H,6-7,13H2,1-5H3,(H2,24,27)(H,26,30)/t14?,19-,22+/m1/s1. The molecule has 1 aliphatic carbocycles. The van der Waals surface area contributed by atoms with Crippen molar-refractivity contribution in [3.8, 4) is 5.75 Å². The van der Waals surface area contributed by atoms with Gasteiger partial charge >= 0.3 is 0 Å². The molecule has 1 fully saturated rings. The van der Waals surface area contributed by atoms with Crippen LogP contribution in [-0.2, 0) is 20.0 Å². The highest BCUT2D eigenvalue weighted by molar-refractivity contribution is 7.90. The zero-order chi connectivity index (χ0) is 27.8. The van der Waals surface area contributed by atoms with E-state index in [0.717, 1.165) is 10.6 Å². The number of nitrogens with one attached hydrogen (secondary N) is 3. The summed E-state index contributed by atoms with van der Waals surface area (Å²) in [6.07, 6.45) is 5.03. The van der Waals surface area contributed by atoms with Gasteiger partial charge in [-0.05, 0) is 31.6 Å². The van der Waals surface area contributed by atoms with Gasteiger partial charge in [-0.3, -0.25) is 10.2 Å². The normalized spacial score (nSPS) is 25.7. The van der Waals surface area contributed by atoms with E-state index in [1.165, 1.54) is 45.5 Å². The van der Waals surface area contributed by atoms with E-state index >= 15 is 4.39 Å². The number of carbonyl (C=O) groups is 1. The summed E-state index contributed by atoms with van der Waals surface area (Å²) < 4.78 is 73.5. The van der Waals surface area contributed by atoms with Crippen LogP contribution in [0.5, 0.6) is 5.75 Å². The van der Waals surface area contributed by atoms with Crippen LogP contribution in [0.4, 0.5) is 4.39 Å². The molecule has 1 aromatic rings. The number of pyridine rings is 1. The van der Waals surface area contributed by atoms with E-state index in [9.17, 15) is 21.6 Å². The maximum absolute atomic E-state index is 15.3. The fraction of sp³-hybridized carbons (Fsp3) is 0.500.